The van der Waals surface area contributed by atoms with E-state index in [0.717, 1.165) is 12.8 Å². The van der Waals surface area contributed by atoms with Crippen molar-refractivity contribution in [2.75, 3.05) is 26.4 Å². The van der Waals surface area contributed by atoms with Gasteiger partial charge in [0.05, 0.1) is 0 Å². The topological polar surface area (TPSA) is 71.2 Å². The summed E-state index contributed by atoms with van der Waals surface area (Å²) in [7, 11) is 4.17. The third kappa shape index (κ3) is 3.04. The summed E-state index contributed by atoms with van der Waals surface area (Å²) in [5.41, 5.74) is 6.26. The van der Waals surface area contributed by atoms with Crippen LogP contribution in [0.15, 0.2) is 18.3 Å². The molecule has 1 aliphatic rings. The van der Waals surface area contributed by atoms with Crippen molar-refractivity contribution < 1.29 is 4.79 Å². The van der Waals surface area contributed by atoms with Crippen molar-refractivity contribution >= 4 is 11.7 Å². The summed E-state index contributed by atoms with van der Waals surface area (Å²) in [5, 5.41) is 3.03. The molecular weight excluding hydrogens is 240 g/mol. The van der Waals surface area contributed by atoms with E-state index in [4.69, 9.17) is 5.73 Å². The van der Waals surface area contributed by atoms with Crippen LogP contribution in [0.5, 0.6) is 0 Å². The second-order valence-corrected chi connectivity index (χ2v) is 5.48. The molecule has 0 aliphatic heterocycles. The minimum atomic E-state index is -0.0813. The number of anilines is 1. The molecule has 1 aromatic rings. The van der Waals surface area contributed by atoms with Gasteiger partial charge in [-0.3, -0.25) is 4.79 Å². The molecule has 0 atom stereocenters. The standard InChI is InChI=1S/C14H22N4O/c1-18(2)14(6-3-4-7-14)10-17-13(19)11-5-8-16-12(15)9-11/h5,8-9H,3-4,6-7,10H2,1-2H3,(H2,15,16)(H,17,19). The molecular formula is C14H22N4O. The Morgan fingerprint density at radius 2 is 2.16 bits per heavy atom. The summed E-state index contributed by atoms with van der Waals surface area (Å²) in [6, 6.07) is 3.29. The number of carbonyl (C=O) groups excluding carboxylic acids is 1. The van der Waals surface area contributed by atoms with E-state index in [-0.39, 0.29) is 11.4 Å². The van der Waals surface area contributed by atoms with Crippen molar-refractivity contribution in [3.63, 3.8) is 0 Å². The highest BCUT2D eigenvalue weighted by Crippen LogP contribution is 2.33. The maximum absolute atomic E-state index is 12.1. The van der Waals surface area contributed by atoms with Gasteiger partial charge >= 0.3 is 0 Å². The number of nitrogen functional groups attached to an aromatic ring is 1. The third-order valence-electron chi connectivity index (χ3n) is 4.10. The van der Waals surface area contributed by atoms with Gasteiger partial charge in [-0.1, -0.05) is 12.8 Å². The summed E-state index contributed by atoms with van der Waals surface area (Å²) in [4.78, 5) is 18.2. The summed E-state index contributed by atoms with van der Waals surface area (Å²) >= 11 is 0. The Balaban J connectivity index is 2.00. The molecule has 2 rings (SSSR count). The molecule has 0 aromatic carbocycles. The Kier molecular flexibility index (Phi) is 4.04. The van der Waals surface area contributed by atoms with Gasteiger partial charge in [0.25, 0.3) is 5.91 Å². The monoisotopic (exact) mass is 262 g/mol. The van der Waals surface area contributed by atoms with Gasteiger partial charge in [0, 0.05) is 23.8 Å². The highest BCUT2D eigenvalue weighted by molar-refractivity contribution is 5.94. The van der Waals surface area contributed by atoms with Crippen LogP contribution in [-0.2, 0) is 0 Å². The van der Waals surface area contributed by atoms with Crippen molar-refractivity contribution in [2.24, 2.45) is 0 Å². The number of pyridine rings is 1. The zero-order valence-electron chi connectivity index (χ0n) is 11.6. The molecule has 1 amide bonds. The number of hydrogen-bond acceptors (Lipinski definition) is 4. The highest BCUT2D eigenvalue weighted by Gasteiger charge is 2.36. The van der Waals surface area contributed by atoms with Crippen LogP contribution in [0, 0.1) is 0 Å². The van der Waals surface area contributed by atoms with Gasteiger partial charge in [-0.05, 0) is 39.1 Å². The molecule has 5 heteroatoms. The zero-order chi connectivity index (χ0) is 13.9. The Morgan fingerprint density at radius 3 is 2.74 bits per heavy atom. The van der Waals surface area contributed by atoms with Gasteiger partial charge in [-0.15, -0.1) is 0 Å². The Morgan fingerprint density at radius 1 is 1.47 bits per heavy atom. The van der Waals surface area contributed by atoms with Crippen LogP contribution in [0.2, 0.25) is 0 Å². The number of carbonyl (C=O) groups is 1. The maximum atomic E-state index is 12.1. The molecule has 1 saturated carbocycles. The van der Waals surface area contributed by atoms with E-state index in [1.54, 1.807) is 18.3 Å². The van der Waals surface area contributed by atoms with Crippen LogP contribution in [-0.4, -0.2) is 42.0 Å². The molecule has 19 heavy (non-hydrogen) atoms. The lowest BCUT2D eigenvalue weighted by molar-refractivity contribution is 0.0900. The van der Waals surface area contributed by atoms with Gasteiger partial charge in [0.2, 0.25) is 0 Å². The average Bonchev–Trinajstić information content (AvgIpc) is 2.86. The van der Waals surface area contributed by atoms with Gasteiger partial charge in [-0.25, -0.2) is 4.98 Å². The van der Waals surface area contributed by atoms with Gasteiger partial charge < -0.3 is 16.0 Å². The number of nitrogens with two attached hydrogens (primary N) is 1. The first-order chi connectivity index (χ1) is 9.03. The molecule has 5 nitrogen and oxygen atoms in total. The predicted molar refractivity (Wildman–Crippen MR) is 75.9 cm³/mol. The minimum Gasteiger partial charge on any atom is -0.384 e. The van der Waals surface area contributed by atoms with E-state index < -0.39 is 0 Å². The average molecular weight is 262 g/mol. The van der Waals surface area contributed by atoms with E-state index in [2.05, 4.69) is 29.3 Å². The molecule has 0 unspecified atom stereocenters. The van der Waals surface area contributed by atoms with Crippen molar-refractivity contribution in [1.82, 2.24) is 15.2 Å². The molecule has 0 radical (unpaired) electrons. The number of nitrogens with one attached hydrogen (secondary N) is 1. The molecule has 0 saturated heterocycles. The molecule has 1 fully saturated rings. The number of likely N-dealkylation sites (N-methyl/N-ethyl adjacent to an activating group) is 1. The molecule has 3 N–H and O–H groups in total. The summed E-state index contributed by atoms with van der Waals surface area (Å²) < 4.78 is 0. The van der Waals surface area contributed by atoms with Crippen LogP contribution in [0.4, 0.5) is 5.82 Å². The quantitative estimate of drug-likeness (QED) is 0.857. The molecule has 0 spiro atoms. The van der Waals surface area contributed by atoms with Crippen LogP contribution in [0.1, 0.15) is 36.0 Å². The second-order valence-electron chi connectivity index (χ2n) is 5.48. The fraction of sp³-hybridized carbons (Fsp3) is 0.571. The Bertz CT molecular complexity index is 453. The number of nitrogens with zero attached hydrogens (tertiary/aromatic N) is 2. The molecule has 1 aliphatic carbocycles. The normalized spacial score (nSPS) is 17.6. The van der Waals surface area contributed by atoms with E-state index in [0.29, 0.717) is 17.9 Å². The van der Waals surface area contributed by atoms with Crippen LogP contribution in [0.3, 0.4) is 0 Å². The van der Waals surface area contributed by atoms with E-state index in [1.807, 2.05) is 0 Å². The number of rotatable bonds is 4. The lowest BCUT2D eigenvalue weighted by atomic mass is 9.96. The summed E-state index contributed by atoms with van der Waals surface area (Å²) in [6.07, 6.45) is 6.30. The Labute approximate surface area is 114 Å². The van der Waals surface area contributed by atoms with Crippen LogP contribution >= 0.6 is 0 Å². The van der Waals surface area contributed by atoms with Gasteiger partial charge in [0.15, 0.2) is 0 Å². The van der Waals surface area contributed by atoms with E-state index in [1.165, 1.54) is 12.8 Å². The third-order valence-corrected chi connectivity index (χ3v) is 4.10. The molecule has 0 bridgehead atoms. The fourth-order valence-corrected chi connectivity index (χ4v) is 2.75. The van der Waals surface area contributed by atoms with Crippen LogP contribution in [0.25, 0.3) is 0 Å². The fourth-order valence-electron chi connectivity index (χ4n) is 2.75. The SMILES string of the molecule is CN(C)C1(CNC(=O)c2ccnc(N)c2)CCCC1. The van der Waals surface area contributed by atoms with Crippen molar-refractivity contribution in [1.29, 1.82) is 0 Å². The first kappa shape index (κ1) is 13.8. The van der Waals surface area contributed by atoms with Crippen molar-refractivity contribution in [2.45, 2.75) is 31.2 Å². The second kappa shape index (κ2) is 5.57. The number of amides is 1. The number of aromatic nitrogens is 1. The van der Waals surface area contributed by atoms with E-state index in [9.17, 15) is 4.79 Å². The first-order valence-corrected chi connectivity index (χ1v) is 6.71. The smallest absolute Gasteiger partial charge is 0.251 e. The van der Waals surface area contributed by atoms with Crippen molar-refractivity contribution in [3.05, 3.63) is 23.9 Å². The van der Waals surface area contributed by atoms with Crippen molar-refractivity contribution in [3.8, 4) is 0 Å². The summed E-state index contributed by atoms with van der Waals surface area (Å²) in [6.45, 7) is 0.682. The predicted octanol–water partition coefficient (Wildman–Crippen LogP) is 1.27. The number of hydrogen-bond donors (Lipinski definition) is 2. The van der Waals surface area contributed by atoms with E-state index >= 15 is 0 Å². The van der Waals surface area contributed by atoms with Gasteiger partial charge in [-0.2, -0.15) is 0 Å². The van der Waals surface area contributed by atoms with Crippen LogP contribution < -0.4 is 11.1 Å². The lowest BCUT2D eigenvalue weighted by Crippen LogP contribution is -2.50. The minimum absolute atomic E-state index is 0.0813. The van der Waals surface area contributed by atoms with Gasteiger partial charge in [0.1, 0.15) is 5.82 Å². The largest absolute Gasteiger partial charge is 0.384 e. The first-order valence-electron chi connectivity index (χ1n) is 6.71. The molecule has 104 valence electrons. The Hall–Kier alpha value is -1.62. The maximum Gasteiger partial charge on any atom is 0.251 e. The highest BCUT2D eigenvalue weighted by atomic mass is 16.1. The molecule has 1 heterocycles. The zero-order valence-corrected chi connectivity index (χ0v) is 11.6. The molecule has 1 aromatic heterocycles. The summed E-state index contributed by atoms with van der Waals surface area (Å²) in [5.74, 6) is 0.290. The lowest BCUT2D eigenvalue weighted by Gasteiger charge is -2.36.